The van der Waals surface area contributed by atoms with Gasteiger partial charge in [-0.05, 0) is 42.8 Å². The number of nitrogens with one attached hydrogen (secondary N) is 1. The second kappa shape index (κ2) is 4.51. The van der Waals surface area contributed by atoms with E-state index in [0.29, 0.717) is 16.9 Å². The van der Waals surface area contributed by atoms with Gasteiger partial charge in [-0.1, -0.05) is 17.4 Å². The highest BCUT2D eigenvalue weighted by atomic mass is 32.1. The van der Waals surface area contributed by atoms with Crippen molar-refractivity contribution in [1.82, 2.24) is 4.98 Å². The Morgan fingerprint density at radius 2 is 2.05 bits per heavy atom. The van der Waals surface area contributed by atoms with E-state index >= 15 is 0 Å². The van der Waals surface area contributed by atoms with E-state index in [9.17, 15) is 4.39 Å². The Hall–Kier alpha value is -2.14. The van der Waals surface area contributed by atoms with Crippen molar-refractivity contribution >= 4 is 38.1 Å². The molecular formula is C14H12FN3S. The molecule has 1 heterocycles. The molecule has 0 bridgehead atoms. The van der Waals surface area contributed by atoms with Gasteiger partial charge in [-0.25, -0.2) is 9.37 Å². The van der Waals surface area contributed by atoms with Crippen molar-refractivity contribution in [2.24, 2.45) is 0 Å². The zero-order valence-electron chi connectivity index (χ0n) is 10.3. The predicted molar refractivity (Wildman–Crippen MR) is 78.5 cm³/mol. The fourth-order valence-corrected chi connectivity index (χ4v) is 2.72. The second-order valence-corrected chi connectivity index (χ2v) is 5.37. The number of fused-ring (bicyclic) bond motifs is 1. The van der Waals surface area contributed by atoms with Crippen LogP contribution in [0.5, 0.6) is 0 Å². The Balaban J connectivity index is 1.94. The summed E-state index contributed by atoms with van der Waals surface area (Å²) in [6.45, 7) is 1.74. The first kappa shape index (κ1) is 11.9. The van der Waals surface area contributed by atoms with Gasteiger partial charge in [0.15, 0.2) is 5.13 Å². The van der Waals surface area contributed by atoms with Crippen LogP contribution in [0, 0.1) is 12.7 Å². The molecule has 3 aromatic rings. The van der Waals surface area contributed by atoms with Crippen LogP contribution in [0.3, 0.4) is 0 Å². The lowest BCUT2D eigenvalue weighted by molar-refractivity contribution is 0.619. The summed E-state index contributed by atoms with van der Waals surface area (Å²) in [7, 11) is 0. The Kier molecular flexibility index (Phi) is 2.83. The van der Waals surface area contributed by atoms with Crippen LogP contribution in [0.1, 0.15) is 5.56 Å². The molecule has 0 spiro atoms. The first-order chi connectivity index (χ1) is 9.11. The van der Waals surface area contributed by atoms with Gasteiger partial charge in [0.05, 0.1) is 10.2 Å². The van der Waals surface area contributed by atoms with Crippen LogP contribution in [0.15, 0.2) is 36.4 Å². The topological polar surface area (TPSA) is 50.9 Å². The zero-order chi connectivity index (χ0) is 13.4. The number of nitrogens with zero attached hydrogens (tertiary/aromatic N) is 1. The maximum atomic E-state index is 13.5. The van der Waals surface area contributed by atoms with Crippen LogP contribution in [-0.2, 0) is 0 Å². The van der Waals surface area contributed by atoms with Crippen LogP contribution < -0.4 is 11.1 Å². The lowest BCUT2D eigenvalue weighted by Gasteiger charge is -2.03. The van der Waals surface area contributed by atoms with Gasteiger partial charge in [0, 0.05) is 11.4 Å². The Morgan fingerprint density at radius 3 is 2.84 bits per heavy atom. The number of anilines is 3. The SMILES string of the molecule is Cc1ccc(Nc2nc3ccc(N)cc3s2)cc1F. The summed E-state index contributed by atoms with van der Waals surface area (Å²) in [5, 5.41) is 3.83. The number of benzene rings is 2. The summed E-state index contributed by atoms with van der Waals surface area (Å²) in [5.41, 5.74) is 8.64. The summed E-state index contributed by atoms with van der Waals surface area (Å²) in [5.74, 6) is -0.227. The molecule has 0 atom stereocenters. The lowest BCUT2D eigenvalue weighted by atomic mass is 10.2. The molecule has 3 rings (SSSR count). The van der Waals surface area contributed by atoms with Crippen molar-refractivity contribution in [3.63, 3.8) is 0 Å². The van der Waals surface area contributed by atoms with E-state index in [2.05, 4.69) is 10.3 Å². The minimum Gasteiger partial charge on any atom is -0.399 e. The molecule has 0 aliphatic rings. The highest BCUT2D eigenvalue weighted by Crippen LogP contribution is 2.29. The molecule has 0 unspecified atom stereocenters. The zero-order valence-corrected chi connectivity index (χ0v) is 11.1. The quantitative estimate of drug-likeness (QED) is 0.692. The number of thiazole rings is 1. The Bertz CT molecular complexity index is 752. The molecule has 1 aromatic heterocycles. The van der Waals surface area contributed by atoms with E-state index < -0.39 is 0 Å². The maximum absolute atomic E-state index is 13.5. The molecule has 0 saturated heterocycles. The van der Waals surface area contributed by atoms with Gasteiger partial charge >= 0.3 is 0 Å². The van der Waals surface area contributed by atoms with Crippen molar-refractivity contribution in [3.05, 3.63) is 47.8 Å². The number of halogens is 1. The standard InChI is InChI=1S/C14H12FN3S/c1-8-2-4-10(7-11(8)15)17-14-18-12-5-3-9(16)6-13(12)19-14/h2-7H,16H2,1H3,(H,17,18). The van der Waals surface area contributed by atoms with Crippen LogP contribution in [0.4, 0.5) is 20.9 Å². The molecule has 5 heteroatoms. The van der Waals surface area contributed by atoms with E-state index in [4.69, 9.17) is 5.73 Å². The molecular weight excluding hydrogens is 261 g/mol. The van der Waals surface area contributed by atoms with E-state index in [1.54, 1.807) is 13.0 Å². The number of nitrogens with two attached hydrogens (primary N) is 1. The van der Waals surface area contributed by atoms with Crippen LogP contribution in [0.25, 0.3) is 10.2 Å². The molecule has 19 heavy (non-hydrogen) atoms. The Labute approximate surface area is 113 Å². The summed E-state index contributed by atoms with van der Waals surface area (Å²) in [4.78, 5) is 4.43. The first-order valence-corrected chi connectivity index (χ1v) is 6.63. The van der Waals surface area contributed by atoms with E-state index in [0.717, 1.165) is 15.3 Å². The number of aromatic nitrogens is 1. The Morgan fingerprint density at radius 1 is 1.21 bits per heavy atom. The van der Waals surface area contributed by atoms with Gasteiger partial charge < -0.3 is 11.1 Å². The average Bonchev–Trinajstić information content (AvgIpc) is 2.75. The lowest BCUT2D eigenvalue weighted by Crippen LogP contribution is -1.91. The van der Waals surface area contributed by atoms with Crippen molar-refractivity contribution in [1.29, 1.82) is 0 Å². The molecule has 3 nitrogen and oxygen atoms in total. The third-order valence-electron chi connectivity index (χ3n) is 2.84. The molecule has 96 valence electrons. The molecule has 0 aliphatic heterocycles. The highest BCUT2D eigenvalue weighted by molar-refractivity contribution is 7.22. The van der Waals surface area contributed by atoms with Gasteiger partial charge in [-0.2, -0.15) is 0 Å². The molecule has 3 N–H and O–H groups in total. The van der Waals surface area contributed by atoms with Gasteiger partial charge in [0.1, 0.15) is 5.82 Å². The van der Waals surface area contributed by atoms with Crippen molar-refractivity contribution < 1.29 is 4.39 Å². The van der Waals surface area contributed by atoms with E-state index in [-0.39, 0.29) is 5.82 Å². The third-order valence-corrected chi connectivity index (χ3v) is 3.77. The van der Waals surface area contributed by atoms with Crippen molar-refractivity contribution in [3.8, 4) is 0 Å². The smallest absolute Gasteiger partial charge is 0.188 e. The third kappa shape index (κ3) is 2.37. The number of aryl methyl sites for hydroxylation is 1. The monoisotopic (exact) mass is 273 g/mol. The molecule has 0 saturated carbocycles. The number of rotatable bonds is 2. The average molecular weight is 273 g/mol. The highest BCUT2D eigenvalue weighted by Gasteiger charge is 2.05. The number of hydrogen-bond donors (Lipinski definition) is 2. The number of hydrogen-bond acceptors (Lipinski definition) is 4. The maximum Gasteiger partial charge on any atom is 0.188 e. The van der Waals surface area contributed by atoms with Crippen LogP contribution >= 0.6 is 11.3 Å². The second-order valence-electron chi connectivity index (χ2n) is 4.34. The summed E-state index contributed by atoms with van der Waals surface area (Å²) in [6.07, 6.45) is 0. The number of nitrogen functional groups attached to an aromatic ring is 1. The van der Waals surface area contributed by atoms with Gasteiger partial charge in [0.25, 0.3) is 0 Å². The first-order valence-electron chi connectivity index (χ1n) is 5.81. The summed E-state index contributed by atoms with van der Waals surface area (Å²) < 4.78 is 14.5. The fraction of sp³-hybridized carbons (Fsp3) is 0.0714. The van der Waals surface area contributed by atoms with Gasteiger partial charge in [0.2, 0.25) is 0 Å². The van der Waals surface area contributed by atoms with Crippen LogP contribution in [-0.4, -0.2) is 4.98 Å². The minimum atomic E-state index is -0.227. The van der Waals surface area contributed by atoms with Crippen molar-refractivity contribution in [2.45, 2.75) is 6.92 Å². The fourth-order valence-electron chi connectivity index (χ4n) is 1.79. The summed E-state index contributed by atoms with van der Waals surface area (Å²) in [6, 6.07) is 10.6. The largest absolute Gasteiger partial charge is 0.399 e. The van der Waals surface area contributed by atoms with E-state index in [1.807, 2.05) is 24.3 Å². The van der Waals surface area contributed by atoms with Gasteiger partial charge in [-0.3, -0.25) is 0 Å². The molecule has 2 aromatic carbocycles. The normalized spacial score (nSPS) is 10.8. The minimum absolute atomic E-state index is 0.227. The van der Waals surface area contributed by atoms with Gasteiger partial charge in [-0.15, -0.1) is 0 Å². The summed E-state index contributed by atoms with van der Waals surface area (Å²) >= 11 is 1.49. The molecule has 0 amide bonds. The molecule has 0 radical (unpaired) electrons. The van der Waals surface area contributed by atoms with E-state index in [1.165, 1.54) is 17.4 Å². The molecule has 0 fully saturated rings. The van der Waals surface area contributed by atoms with Crippen LogP contribution in [0.2, 0.25) is 0 Å². The molecule has 0 aliphatic carbocycles. The predicted octanol–water partition coefficient (Wildman–Crippen LogP) is 4.07. The van der Waals surface area contributed by atoms with Crippen molar-refractivity contribution in [2.75, 3.05) is 11.1 Å².